The van der Waals surface area contributed by atoms with Crippen molar-refractivity contribution in [1.29, 1.82) is 0 Å². The number of carbonyl (C=O) groups excluding carboxylic acids is 1. The van der Waals surface area contributed by atoms with Gasteiger partial charge in [0.1, 0.15) is 6.26 Å². The minimum absolute atomic E-state index is 0.0363. The maximum atomic E-state index is 12.6. The highest BCUT2D eigenvalue weighted by Gasteiger charge is 2.25. The summed E-state index contributed by atoms with van der Waals surface area (Å²) >= 11 is 0. The summed E-state index contributed by atoms with van der Waals surface area (Å²) < 4.78 is 5.43. The fourth-order valence-electron chi connectivity index (χ4n) is 3.24. The molecule has 7 nitrogen and oxygen atoms in total. The zero-order valence-electron chi connectivity index (χ0n) is 15.1. The quantitative estimate of drug-likeness (QED) is 0.848. The second-order valence-electron chi connectivity index (χ2n) is 7.16. The molecule has 0 radical (unpaired) electrons. The predicted molar refractivity (Wildman–Crippen MR) is 96.5 cm³/mol. The largest absolute Gasteiger partial charge is 0.447 e. The van der Waals surface area contributed by atoms with Gasteiger partial charge in [-0.15, -0.1) is 0 Å². The van der Waals surface area contributed by atoms with E-state index in [4.69, 9.17) is 4.42 Å². The van der Waals surface area contributed by atoms with Gasteiger partial charge in [0, 0.05) is 50.7 Å². The fourth-order valence-corrected chi connectivity index (χ4v) is 3.24. The molecule has 2 aromatic heterocycles. The molecular formula is C19H25N5O2. The first-order valence-corrected chi connectivity index (χ1v) is 9.28. The maximum absolute atomic E-state index is 12.6. The Kier molecular flexibility index (Phi) is 4.99. The lowest BCUT2D eigenvalue weighted by Crippen LogP contribution is -2.48. The van der Waals surface area contributed by atoms with Crippen LogP contribution in [0.15, 0.2) is 29.0 Å². The van der Waals surface area contributed by atoms with E-state index in [1.165, 1.54) is 24.7 Å². The number of aromatic nitrogens is 2. The van der Waals surface area contributed by atoms with Crippen LogP contribution < -0.4 is 5.32 Å². The van der Waals surface area contributed by atoms with Crippen LogP contribution in [0.3, 0.4) is 0 Å². The summed E-state index contributed by atoms with van der Waals surface area (Å²) in [7, 11) is 0. The topological polar surface area (TPSA) is 74.5 Å². The van der Waals surface area contributed by atoms with Crippen LogP contribution in [0.25, 0.3) is 0 Å². The van der Waals surface area contributed by atoms with Gasteiger partial charge < -0.3 is 14.6 Å². The first kappa shape index (κ1) is 17.2. The molecule has 0 aromatic carbocycles. The summed E-state index contributed by atoms with van der Waals surface area (Å²) in [5.74, 6) is 0.553. The van der Waals surface area contributed by atoms with Crippen LogP contribution in [0.1, 0.15) is 40.5 Å². The van der Waals surface area contributed by atoms with Crippen molar-refractivity contribution in [2.24, 2.45) is 0 Å². The molecule has 3 heterocycles. The SMILES string of the molecule is Cc1cc(CN2CCN(C(=O)c3coc(CNC4CC4)n3)CC2)ccn1. The second-order valence-corrected chi connectivity index (χ2v) is 7.16. The standard InChI is InChI=1S/C19H25N5O2/c1-14-10-15(4-5-20-14)12-23-6-8-24(9-7-23)19(25)17-13-26-18(22-17)11-21-16-2-3-16/h4-5,10,13,16,21H,2-3,6-9,11-12H2,1H3. The summed E-state index contributed by atoms with van der Waals surface area (Å²) in [6.07, 6.45) is 5.77. The van der Waals surface area contributed by atoms with Gasteiger partial charge in [0.05, 0.1) is 6.54 Å². The molecule has 26 heavy (non-hydrogen) atoms. The first-order valence-electron chi connectivity index (χ1n) is 9.28. The number of hydrogen-bond acceptors (Lipinski definition) is 6. The lowest BCUT2D eigenvalue weighted by molar-refractivity contribution is 0.0622. The van der Waals surface area contributed by atoms with Gasteiger partial charge >= 0.3 is 0 Å². The molecule has 1 amide bonds. The molecular weight excluding hydrogens is 330 g/mol. The molecule has 1 N–H and O–H groups in total. The first-order chi connectivity index (χ1) is 12.7. The molecule has 138 valence electrons. The van der Waals surface area contributed by atoms with E-state index in [-0.39, 0.29) is 5.91 Å². The Hall–Kier alpha value is -2.25. The second kappa shape index (κ2) is 7.55. The number of oxazole rings is 1. The van der Waals surface area contributed by atoms with E-state index in [1.807, 2.05) is 18.0 Å². The van der Waals surface area contributed by atoms with E-state index < -0.39 is 0 Å². The summed E-state index contributed by atoms with van der Waals surface area (Å²) in [5, 5.41) is 3.35. The lowest BCUT2D eigenvalue weighted by Gasteiger charge is -2.34. The van der Waals surface area contributed by atoms with Gasteiger partial charge in [-0.1, -0.05) is 0 Å². The molecule has 0 atom stereocenters. The number of nitrogens with one attached hydrogen (secondary N) is 1. The minimum Gasteiger partial charge on any atom is -0.447 e. The van der Waals surface area contributed by atoms with Gasteiger partial charge in [-0.2, -0.15) is 0 Å². The van der Waals surface area contributed by atoms with Crippen molar-refractivity contribution in [2.75, 3.05) is 26.2 Å². The number of carbonyl (C=O) groups is 1. The normalized spacial score (nSPS) is 18.3. The van der Waals surface area contributed by atoms with Gasteiger partial charge in [-0.25, -0.2) is 4.98 Å². The van der Waals surface area contributed by atoms with E-state index in [0.717, 1.165) is 25.3 Å². The lowest BCUT2D eigenvalue weighted by atomic mass is 10.2. The summed E-state index contributed by atoms with van der Waals surface area (Å²) in [5.41, 5.74) is 2.71. The Morgan fingerprint density at radius 2 is 2.12 bits per heavy atom. The van der Waals surface area contributed by atoms with Crippen LogP contribution >= 0.6 is 0 Å². The van der Waals surface area contributed by atoms with Crippen molar-refractivity contribution < 1.29 is 9.21 Å². The Balaban J connectivity index is 1.27. The molecule has 0 unspecified atom stereocenters. The number of amides is 1. The third-order valence-corrected chi connectivity index (χ3v) is 4.92. The maximum Gasteiger partial charge on any atom is 0.275 e. The Morgan fingerprint density at radius 1 is 1.31 bits per heavy atom. The monoisotopic (exact) mass is 355 g/mol. The third-order valence-electron chi connectivity index (χ3n) is 4.92. The molecule has 7 heteroatoms. The number of hydrogen-bond donors (Lipinski definition) is 1. The Morgan fingerprint density at radius 3 is 2.85 bits per heavy atom. The summed E-state index contributed by atoms with van der Waals surface area (Å²) in [6.45, 7) is 6.65. The van der Waals surface area contributed by atoms with Crippen LogP contribution in [0.4, 0.5) is 0 Å². The van der Waals surface area contributed by atoms with Gasteiger partial charge in [0.25, 0.3) is 5.91 Å². The van der Waals surface area contributed by atoms with E-state index in [9.17, 15) is 4.79 Å². The zero-order chi connectivity index (χ0) is 17.9. The molecule has 1 saturated carbocycles. The number of nitrogens with zero attached hydrogens (tertiary/aromatic N) is 4. The van der Waals surface area contributed by atoms with Crippen LogP contribution in [-0.4, -0.2) is 57.9 Å². The smallest absolute Gasteiger partial charge is 0.275 e. The van der Waals surface area contributed by atoms with Crippen LogP contribution in [0, 0.1) is 6.92 Å². The number of aryl methyl sites for hydroxylation is 1. The molecule has 2 aromatic rings. The van der Waals surface area contributed by atoms with E-state index in [2.05, 4.69) is 32.3 Å². The van der Waals surface area contributed by atoms with Crippen molar-refractivity contribution in [3.8, 4) is 0 Å². The average Bonchev–Trinajstić information content (AvgIpc) is 3.36. The highest BCUT2D eigenvalue weighted by molar-refractivity contribution is 5.92. The summed E-state index contributed by atoms with van der Waals surface area (Å²) in [4.78, 5) is 25.4. The number of piperazine rings is 1. The highest BCUT2D eigenvalue weighted by Crippen LogP contribution is 2.19. The van der Waals surface area contributed by atoms with E-state index >= 15 is 0 Å². The molecule has 0 bridgehead atoms. The fraction of sp³-hybridized carbons (Fsp3) is 0.526. The minimum atomic E-state index is -0.0363. The van der Waals surface area contributed by atoms with Gasteiger partial charge in [0.15, 0.2) is 5.69 Å². The van der Waals surface area contributed by atoms with Crippen molar-refractivity contribution in [2.45, 2.75) is 38.9 Å². The molecule has 1 saturated heterocycles. The van der Waals surface area contributed by atoms with Gasteiger partial charge in [-0.05, 0) is 37.5 Å². The zero-order valence-corrected chi connectivity index (χ0v) is 15.1. The molecule has 2 aliphatic rings. The van der Waals surface area contributed by atoms with Crippen molar-refractivity contribution in [3.63, 3.8) is 0 Å². The molecule has 4 rings (SSSR count). The summed E-state index contributed by atoms with van der Waals surface area (Å²) in [6, 6.07) is 4.76. The Labute approximate surface area is 153 Å². The van der Waals surface area contributed by atoms with Gasteiger partial charge in [-0.3, -0.25) is 14.7 Å². The molecule has 1 aliphatic heterocycles. The predicted octanol–water partition coefficient (Wildman–Crippen LogP) is 1.59. The molecule has 2 fully saturated rings. The van der Waals surface area contributed by atoms with Crippen LogP contribution in [0.5, 0.6) is 0 Å². The van der Waals surface area contributed by atoms with Crippen LogP contribution in [0.2, 0.25) is 0 Å². The molecule has 0 spiro atoms. The van der Waals surface area contributed by atoms with Crippen LogP contribution in [-0.2, 0) is 13.1 Å². The van der Waals surface area contributed by atoms with Crippen molar-refractivity contribution >= 4 is 5.91 Å². The highest BCUT2D eigenvalue weighted by atomic mass is 16.3. The van der Waals surface area contributed by atoms with Crippen molar-refractivity contribution in [3.05, 3.63) is 47.4 Å². The third kappa shape index (κ3) is 4.28. The van der Waals surface area contributed by atoms with Crippen molar-refractivity contribution in [1.82, 2.24) is 25.1 Å². The average molecular weight is 355 g/mol. The molecule has 1 aliphatic carbocycles. The number of rotatable bonds is 6. The Bertz CT molecular complexity index is 763. The van der Waals surface area contributed by atoms with E-state index in [1.54, 1.807) is 0 Å². The van der Waals surface area contributed by atoms with Gasteiger partial charge in [0.2, 0.25) is 5.89 Å². The number of pyridine rings is 1. The van der Waals surface area contributed by atoms with E-state index in [0.29, 0.717) is 37.3 Å².